The summed E-state index contributed by atoms with van der Waals surface area (Å²) in [7, 11) is 0. The smallest absolute Gasteiger partial charge is 0.234 e. The second-order valence-corrected chi connectivity index (χ2v) is 9.25. The fourth-order valence-corrected chi connectivity index (χ4v) is 5.54. The van der Waals surface area contributed by atoms with Gasteiger partial charge in [0.05, 0.1) is 18.0 Å². The van der Waals surface area contributed by atoms with Crippen molar-refractivity contribution < 1.29 is 14.0 Å². The number of halogens is 1. The van der Waals surface area contributed by atoms with Crippen LogP contribution in [-0.2, 0) is 16.1 Å². The maximum Gasteiger partial charge on any atom is 0.234 e. The van der Waals surface area contributed by atoms with Crippen molar-refractivity contribution in [3.8, 4) is 0 Å². The van der Waals surface area contributed by atoms with Crippen LogP contribution in [0.4, 0.5) is 4.39 Å². The molecule has 3 aromatic carbocycles. The first-order chi connectivity index (χ1) is 16.6. The number of benzene rings is 3. The quantitative estimate of drug-likeness (QED) is 0.533. The van der Waals surface area contributed by atoms with Crippen molar-refractivity contribution in [2.75, 3.05) is 6.54 Å². The van der Waals surface area contributed by atoms with Crippen molar-refractivity contribution in [3.05, 3.63) is 107 Å². The molecular weight excluding hydrogens is 427 g/mol. The molecule has 2 amide bonds. The van der Waals surface area contributed by atoms with Crippen molar-refractivity contribution in [3.63, 3.8) is 0 Å². The number of hydrogen-bond acceptors (Lipinski definition) is 2. The van der Waals surface area contributed by atoms with E-state index in [1.165, 1.54) is 12.1 Å². The Morgan fingerprint density at radius 3 is 2.09 bits per heavy atom. The van der Waals surface area contributed by atoms with Crippen LogP contribution in [0.3, 0.4) is 0 Å². The highest BCUT2D eigenvalue weighted by atomic mass is 19.1. The Hall–Kier alpha value is -3.47. The Labute approximate surface area is 200 Å². The SMILES string of the molecule is O=C1CCC[C@H]2[C@H](CCN2C(=O)C(c2ccccc2)c2ccccc2)N1Cc1ccc(F)cc1. The van der Waals surface area contributed by atoms with Crippen molar-refractivity contribution in [2.24, 2.45) is 0 Å². The maximum absolute atomic E-state index is 14.1. The zero-order valence-electron chi connectivity index (χ0n) is 19.1. The molecule has 0 aliphatic carbocycles. The molecule has 2 aliphatic rings. The molecule has 0 radical (unpaired) electrons. The number of likely N-dealkylation sites (tertiary alicyclic amines) is 2. The Bertz CT molecular complexity index is 1090. The van der Waals surface area contributed by atoms with E-state index in [-0.39, 0.29) is 35.6 Å². The van der Waals surface area contributed by atoms with Crippen LogP contribution < -0.4 is 0 Å². The minimum Gasteiger partial charge on any atom is -0.337 e. The van der Waals surface area contributed by atoms with E-state index in [0.29, 0.717) is 19.5 Å². The average molecular weight is 457 g/mol. The number of hydrogen-bond donors (Lipinski definition) is 0. The molecule has 5 heteroatoms. The lowest BCUT2D eigenvalue weighted by atomic mass is 9.89. The second kappa shape index (κ2) is 9.80. The maximum atomic E-state index is 14.1. The van der Waals surface area contributed by atoms with Gasteiger partial charge in [0.1, 0.15) is 5.82 Å². The molecule has 4 nitrogen and oxygen atoms in total. The van der Waals surface area contributed by atoms with Gasteiger partial charge in [0.15, 0.2) is 0 Å². The van der Waals surface area contributed by atoms with Gasteiger partial charge in [0.25, 0.3) is 0 Å². The molecule has 2 heterocycles. The van der Waals surface area contributed by atoms with Crippen LogP contribution in [-0.4, -0.2) is 40.2 Å². The van der Waals surface area contributed by atoms with Crippen molar-refractivity contribution in [1.82, 2.24) is 9.80 Å². The molecule has 2 fully saturated rings. The lowest BCUT2D eigenvalue weighted by Gasteiger charge is -2.35. The molecule has 2 saturated heterocycles. The van der Waals surface area contributed by atoms with Crippen LogP contribution in [0, 0.1) is 5.82 Å². The zero-order chi connectivity index (χ0) is 23.5. The van der Waals surface area contributed by atoms with Gasteiger partial charge in [-0.2, -0.15) is 0 Å². The van der Waals surface area contributed by atoms with E-state index in [0.717, 1.165) is 36.0 Å². The van der Waals surface area contributed by atoms with E-state index in [1.807, 2.05) is 70.5 Å². The molecule has 0 aromatic heterocycles. The zero-order valence-corrected chi connectivity index (χ0v) is 19.1. The summed E-state index contributed by atoms with van der Waals surface area (Å²) in [5.41, 5.74) is 2.87. The minimum absolute atomic E-state index is 0.00526. The summed E-state index contributed by atoms with van der Waals surface area (Å²) >= 11 is 0. The van der Waals surface area contributed by atoms with Gasteiger partial charge >= 0.3 is 0 Å². The topological polar surface area (TPSA) is 40.6 Å². The van der Waals surface area contributed by atoms with E-state index in [9.17, 15) is 14.0 Å². The van der Waals surface area contributed by atoms with Gasteiger partial charge in [0.2, 0.25) is 11.8 Å². The van der Waals surface area contributed by atoms with Crippen LogP contribution in [0.15, 0.2) is 84.9 Å². The highest BCUT2D eigenvalue weighted by Crippen LogP contribution is 2.36. The van der Waals surface area contributed by atoms with Crippen LogP contribution in [0.5, 0.6) is 0 Å². The fourth-order valence-electron chi connectivity index (χ4n) is 5.54. The number of carbonyl (C=O) groups is 2. The number of nitrogens with zero attached hydrogens (tertiary/aromatic N) is 2. The molecule has 174 valence electrons. The molecule has 3 aromatic rings. The lowest BCUT2D eigenvalue weighted by molar-refractivity contribution is -0.136. The monoisotopic (exact) mass is 456 g/mol. The number of rotatable bonds is 5. The first kappa shape index (κ1) is 22.3. The van der Waals surface area contributed by atoms with Gasteiger partial charge < -0.3 is 9.80 Å². The van der Waals surface area contributed by atoms with E-state index < -0.39 is 0 Å². The molecule has 0 unspecified atom stereocenters. The Morgan fingerprint density at radius 2 is 1.47 bits per heavy atom. The Balaban J connectivity index is 1.43. The summed E-state index contributed by atoms with van der Waals surface area (Å²) in [5, 5.41) is 0. The number of fused-ring (bicyclic) bond motifs is 1. The van der Waals surface area contributed by atoms with Crippen molar-refractivity contribution in [1.29, 1.82) is 0 Å². The lowest BCUT2D eigenvalue weighted by Crippen LogP contribution is -2.48. The van der Waals surface area contributed by atoms with E-state index in [4.69, 9.17) is 0 Å². The predicted molar refractivity (Wildman–Crippen MR) is 129 cm³/mol. The van der Waals surface area contributed by atoms with Gasteiger partial charge in [-0.25, -0.2) is 4.39 Å². The van der Waals surface area contributed by atoms with E-state index in [2.05, 4.69) is 0 Å². The third-order valence-electron chi connectivity index (χ3n) is 7.18. The summed E-state index contributed by atoms with van der Waals surface area (Å²) in [6.45, 7) is 1.08. The average Bonchev–Trinajstić information content (AvgIpc) is 3.22. The van der Waals surface area contributed by atoms with Gasteiger partial charge in [-0.15, -0.1) is 0 Å². The first-order valence-corrected chi connectivity index (χ1v) is 12.1. The third-order valence-corrected chi connectivity index (χ3v) is 7.18. The minimum atomic E-state index is -0.370. The standard InChI is InChI=1S/C29H29FN2O2/c30-24-16-14-21(15-17-24)20-32-26-18-19-31(25(26)12-7-13-27(32)33)29(34)28(22-8-3-1-4-9-22)23-10-5-2-6-11-23/h1-6,8-11,14-17,25-26,28H,7,12-13,18-20H2/t25-,26-/m0/s1. The highest BCUT2D eigenvalue weighted by molar-refractivity contribution is 5.88. The Kier molecular flexibility index (Phi) is 6.43. The predicted octanol–water partition coefficient (Wildman–Crippen LogP) is 5.14. The van der Waals surface area contributed by atoms with Crippen LogP contribution >= 0.6 is 0 Å². The largest absolute Gasteiger partial charge is 0.337 e. The van der Waals surface area contributed by atoms with Gasteiger partial charge in [-0.1, -0.05) is 72.8 Å². The normalized spacial score (nSPS) is 20.4. The van der Waals surface area contributed by atoms with Crippen LogP contribution in [0.2, 0.25) is 0 Å². The van der Waals surface area contributed by atoms with Crippen LogP contribution in [0.1, 0.15) is 48.3 Å². The van der Waals surface area contributed by atoms with Gasteiger partial charge in [-0.3, -0.25) is 9.59 Å². The second-order valence-electron chi connectivity index (χ2n) is 9.25. The molecule has 5 rings (SSSR count). The summed E-state index contributed by atoms with van der Waals surface area (Å²) in [6, 6.07) is 26.2. The first-order valence-electron chi connectivity index (χ1n) is 12.1. The molecule has 2 aliphatic heterocycles. The number of carbonyl (C=O) groups excluding carboxylic acids is 2. The summed E-state index contributed by atoms with van der Waals surface area (Å²) in [5.74, 6) is -0.435. The third kappa shape index (κ3) is 4.47. The summed E-state index contributed by atoms with van der Waals surface area (Å²) in [4.78, 5) is 31.1. The molecule has 34 heavy (non-hydrogen) atoms. The van der Waals surface area contributed by atoms with E-state index >= 15 is 0 Å². The highest BCUT2D eigenvalue weighted by Gasteiger charge is 2.44. The Morgan fingerprint density at radius 1 is 0.853 bits per heavy atom. The fraction of sp³-hybridized carbons (Fsp3) is 0.310. The van der Waals surface area contributed by atoms with Gasteiger partial charge in [0, 0.05) is 19.5 Å². The molecular formula is C29H29FN2O2. The van der Waals surface area contributed by atoms with Crippen LogP contribution in [0.25, 0.3) is 0 Å². The van der Waals surface area contributed by atoms with Gasteiger partial charge in [-0.05, 0) is 48.1 Å². The summed E-state index contributed by atoms with van der Waals surface area (Å²) < 4.78 is 13.4. The molecule has 2 atom stereocenters. The molecule has 0 N–H and O–H groups in total. The van der Waals surface area contributed by atoms with E-state index in [1.54, 1.807) is 12.1 Å². The molecule has 0 bridgehead atoms. The van der Waals surface area contributed by atoms with Crippen molar-refractivity contribution >= 4 is 11.8 Å². The molecule has 0 spiro atoms. The van der Waals surface area contributed by atoms with Crippen molar-refractivity contribution in [2.45, 2.75) is 50.2 Å². The summed E-state index contributed by atoms with van der Waals surface area (Å²) in [6.07, 6.45) is 2.83. The number of amides is 2. The molecule has 0 saturated carbocycles.